The Labute approximate surface area is 158 Å². The lowest BCUT2D eigenvalue weighted by molar-refractivity contribution is 0.0785. The van der Waals surface area contributed by atoms with Gasteiger partial charge in [0.2, 0.25) is 0 Å². The molecule has 0 aromatic heterocycles. The summed E-state index contributed by atoms with van der Waals surface area (Å²) in [6.45, 7) is 0.964. The molecule has 0 aliphatic heterocycles. The maximum absolute atomic E-state index is 12.6. The largest absolute Gasteiger partial charge is 0.489 e. The second-order valence-corrected chi connectivity index (χ2v) is 6.46. The van der Waals surface area contributed by atoms with Crippen LogP contribution in [0.3, 0.4) is 0 Å². The number of hydrogen-bond donors (Lipinski definition) is 0. The number of hydrogen-bond acceptors (Lipinski definition) is 2. The van der Waals surface area contributed by atoms with Gasteiger partial charge in [-0.15, -0.1) is 0 Å². The summed E-state index contributed by atoms with van der Waals surface area (Å²) in [6.07, 6.45) is 0. The zero-order valence-corrected chi connectivity index (χ0v) is 15.3. The standard InChI is InChI=1S/C22H20ClNO2/c1-24(15-17-7-3-2-4-8-17)22(25)18-11-13-20(14-12-18)26-16-19-9-5-6-10-21(19)23/h2-14H,15-16H2,1H3. The van der Waals surface area contributed by atoms with E-state index >= 15 is 0 Å². The molecule has 3 aromatic carbocycles. The topological polar surface area (TPSA) is 29.5 Å². The van der Waals surface area contributed by atoms with Crippen molar-refractivity contribution in [1.29, 1.82) is 0 Å². The minimum atomic E-state index is -0.0218. The SMILES string of the molecule is CN(Cc1ccccc1)C(=O)c1ccc(OCc2ccccc2Cl)cc1. The lowest BCUT2D eigenvalue weighted by Crippen LogP contribution is -2.26. The van der Waals surface area contributed by atoms with Gasteiger partial charge in [-0.3, -0.25) is 4.79 Å². The Kier molecular flexibility index (Phi) is 5.92. The van der Waals surface area contributed by atoms with Gasteiger partial charge in [0.25, 0.3) is 5.91 Å². The monoisotopic (exact) mass is 365 g/mol. The maximum atomic E-state index is 12.6. The van der Waals surface area contributed by atoms with E-state index in [1.807, 2.05) is 54.6 Å². The fourth-order valence-electron chi connectivity index (χ4n) is 2.62. The van der Waals surface area contributed by atoms with Gasteiger partial charge >= 0.3 is 0 Å². The minimum Gasteiger partial charge on any atom is -0.489 e. The highest BCUT2D eigenvalue weighted by molar-refractivity contribution is 6.31. The number of carbonyl (C=O) groups excluding carboxylic acids is 1. The molecule has 0 bridgehead atoms. The van der Waals surface area contributed by atoms with Crippen molar-refractivity contribution in [2.24, 2.45) is 0 Å². The normalized spacial score (nSPS) is 10.4. The molecule has 0 heterocycles. The van der Waals surface area contributed by atoms with E-state index in [0.717, 1.165) is 11.1 Å². The summed E-state index contributed by atoms with van der Waals surface area (Å²) in [6, 6.07) is 24.7. The summed E-state index contributed by atoms with van der Waals surface area (Å²) in [5, 5.41) is 0.682. The Hall–Kier alpha value is -2.78. The average Bonchev–Trinajstić information content (AvgIpc) is 2.68. The molecule has 0 saturated carbocycles. The number of carbonyl (C=O) groups is 1. The molecular weight excluding hydrogens is 346 g/mol. The Morgan fingerprint density at radius 1 is 0.923 bits per heavy atom. The lowest BCUT2D eigenvalue weighted by atomic mass is 10.1. The molecule has 3 aromatic rings. The molecule has 0 atom stereocenters. The highest BCUT2D eigenvalue weighted by Gasteiger charge is 2.12. The van der Waals surface area contributed by atoms with Gasteiger partial charge in [0.1, 0.15) is 12.4 Å². The van der Waals surface area contributed by atoms with Gasteiger partial charge in [-0.2, -0.15) is 0 Å². The smallest absolute Gasteiger partial charge is 0.253 e. The van der Waals surface area contributed by atoms with E-state index in [1.54, 1.807) is 36.2 Å². The third-order valence-corrected chi connectivity index (χ3v) is 4.43. The van der Waals surface area contributed by atoms with Crippen LogP contribution in [0.5, 0.6) is 5.75 Å². The van der Waals surface area contributed by atoms with Gasteiger partial charge in [0, 0.05) is 29.7 Å². The van der Waals surface area contributed by atoms with Crippen molar-refractivity contribution in [2.45, 2.75) is 13.2 Å². The van der Waals surface area contributed by atoms with Crippen LogP contribution in [0.2, 0.25) is 5.02 Å². The molecule has 3 nitrogen and oxygen atoms in total. The van der Waals surface area contributed by atoms with Gasteiger partial charge in [-0.25, -0.2) is 0 Å². The van der Waals surface area contributed by atoms with Crippen LogP contribution in [0.15, 0.2) is 78.9 Å². The van der Waals surface area contributed by atoms with Crippen LogP contribution in [0.1, 0.15) is 21.5 Å². The first-order chi connectivity index (χ1) is 12.6. The van der Waals surface area contributed by atoms with Crippen LogP contribution in [0, 0.1) is 0 Å². The summed E-state index contributed by atoms with van der Waals surface area (Å²) in [5.41, 5.74) is 2.66. The summed E-state index contributed by atoms with van der Waals surface area (Å²) < 4.78 is 5.75. The number of nitrogens with zero attached hydrogens (tertiary/aromatic N) is 1. The van der Waals surface area contributed by atoms with Gasteiger partial charge in [-0.1, -0.05) is 60.1 Å². The first kappa shape index (κ1) is 18.0. The van der Waals surface area contributed by atoms with E-state index in [4.69, 9.17) is 16.3 Å². The highest BCUT2D eigenvalue weighted by Crippen LogP contribution is 2.19. The van der Waals surface area contributed by atoms with Gasteiger partial charge < -0.3 is 9.64 Å². The van der Waals surface area contributed by atoms with Crippen molar-refractivity contribution < 1.29 is 9.53 Å². The van der Waals surface area contributed by atoms with E-state index < -0.39 is 0 Å². The van der Waals surface area contributed by atoms with Crippen molar-refractivity contribution in [3.8, 4) is 5.75 Å². The Balaban J connectivity index is 1.60. The molecular formula is C22H20ClNO2. The third kappa shape index (κ3) is 4.64. The van der Waals surface area contributed by atoms with E-state index in [0.29, 0.717) is 29.5 Å². The Morgan fingerprint density at radius 3 is 2.27 bits per heavy atom. The molecule has 0 N–H and O–H groups in total. The van der Waals surface area contributed by atoms with Crippen LogP contribution in [0.4, 0.5) is 0 Å². The molecule has 132 valence electrons. The predicted octanol–water partition coefficient (Wildman–Crippen LogP) is 5.19. The fraction of sp³-hybridized carbons (Fsp3) is 0.136. The molecule has 26 heavy (non-hydrogen) atoms. The summed E-state index contributed by atoms with van der Waals surface area (Å²) in [5.74, 6) is 0.679. The van der Waals surface area contributed by atoms with Crippen LogP contribution in [-0.4, -0.2) is 17.9 Å². The minimum absolute atomic E-state index is 0.0218. The van der Waals surface area contributed by atoms with Crippen molar-refractivity contribution in [3.05, 3.63) is 101 Å². The number of amides is 1. The van der Waals surface area contributed by atoms with Crippen LogP contribution in [-0.2, 0) is 13.2 Å². The Morgan fingerprint density at radius 2 is 1.58 bits per heavy atom. The zero-order valence-electron chi connectivity index (χ0n) is 14.6. The molecule has 0 aliphatic carbocycles. The summed E-state index contributed by atoms with van der Waals surface area (Å²) >= 11 is 6.13. The molecule has 0 aliphatic rings. The van der Waals surface area contributed by atoms with Gasteiger partial charge in [-0.05, 0) is 35.9 Å². The quantitative estimate of drug-likeness (QED) is 0.601. The molecule has 0 unspecified atom stereocenters. The van der Waals surface area contributed by atoms with Crippen molar-refractivity contribution in [2.75, 3.05) is 7.05 Å². The predicted molar refractivity (Wildman–Crippen MR) is 104 cm³/mol. The number of rotatable bonds is 6. The Bertz CT molecular complexity index is 863. The second kappa shape index (κ2) is 8.54. The van der Waals surface area contributed by atoms with Crippen molar-refractivity contribution in [3.63, 3.8) is 0 Å². The number of benzene rings is 3. The first-order valence-corrected chi connectivity index (χ1v) is 8.77. The third-order valence-electron chi connectivity index (χ3n) is 4.06. The van der Waals surface area contributed by atoms with Gasteiger partial charge in [0.05, 0.1) is 0 Å². The fourth-order valence-corrected chi connectivity index (χ4v) is 2.81. The van der Waals surface area contributed by atoms with Crippen molar-refractivity contribution >= 4 is 17.5 Å². The maximum Gasteiger partial charge on any atom is 0.253 e. The summed E-state index contributed by atoms with van der Waals surface area (Å²) in [4.78, 5) is 14.3. The van der Waals surface area contributed by atoms with E-state index in [1.165, 1.54) is 0 Å². The molecule has 0 spiro atoms. The zero-order chi connectivity index (χ0) is 18.4. The van der Waals surface area contributed by atoms with E-state index in [2.05, 4.69) is 0 Å². The number of halogens is 1. The van der Waals surface area contributed by atoms with Crippen LogP contribution < -0.4 is 4.74 Å². The molecule has 1 amide bonds. The molecule has 0 saturated heterocycles. The molecule has 3 rings (SSSR count). The molecule has 0 fully saturated rings. The second-order valence-electron chi connectivity index (χ2n) is 6.05. The van der Waals surface area contributed by atoms with Crippen LogP contribution in [0.25, 0.3) is 0 Å². The van der Waals surface area contributed by atoms with Crippen molar-refractivity contribution in [1.82, 2.24) is 4.90 Å². The first-order valence-electron chi connectivity index (χ1n) is 8.39. The lowest BCUT2D eigenvalue weighted by Gasteiger charge is -2.17. The summed E-state index contributed by atoms with van der Waals surface area (Å²) in [7, 11) is 1.80. The van der Waals surface area contributed by atoms with E-state index in [9.17, 15) is 4.79 Å². The van der Waals surface area contributed by atoms with E-state index in [-0.39, 0.29) is 5.91 Å². The van der Waals surface area contributed by atoms with Crippen LogP contribution >= 0.6 is 11.6 Å². The average molecular weight is 366 g/mol. The molecule has 0 radical (unpaired) electrons. The number of ether oxygens (including phenoxy) is 1. The van der Waals surface area contributed by atoms with Gasteiger partial charge in [0.15, 0.2) is 0 Å². The molecule has 4 heteroatoms. The highest BCUT2D eigenvalue weighted by atomic mass is 35.5.